The number of nitrogens with zero attached hydrogens (tertiary/aromatic N) is 1. The molecule has 0 bridgehead atoms. The maximum Gasteiger partial charge on any atom is 0.387 e. The molecule has 0 aliphatic carbocycles. The first-order valence-corrected chi connectivity index (χ1v) is 7.73. The van der Waals surface area contributed by atoms with Crippen LogP contribution in [0.4, 0.5) is 8.78 Å². The summed E-state index contributed by atoms with van der Waals surface area (Å²) in [6.45, 7) is -2.42. The Bertz CT molecular complexity index is 727. The second kappa shape index (κ2) is 9.53. The summed E-state index contributed by atoms with van der Waals surface area (Å²) in [7, 11) is 1.37. The molecule has 0 spiro atoms. The van der Waals surface area contributed by atoms with Crippen LogP contribution < -0.4 is 20.2 Å². The van der Waals surface area contributed by atoms with Gasteiger partial charge in [0.15, 0.2) is 16.6 Å². The molecule has 0 atom stereocenters. The Morgan fingerprint density at radius 3 is 2.64 bits per heavy atom. The molecule has 2 aromatic carbocycles. The van der Waals surface area contributed by atoms with E-state index in [1.807, 2.05) is 30.3 Å². The lowest BCUT2D eigenvalue weighted by Gasteiger charge is -2.12. The van der Waals surface area contributed by atoms with Crippen LogP contribution >= 0.6 is 12.2 Å². The molecule has 2 aromatic rings. The molecule has 0 aliphatic heterocycles. The molecule has 0 saturated heterocycles. The summed E-state index contributed by atoms with van der Waals surface area (Å²) < 4.78 is 34.6. The van der Waals surface area contributed by atoms with Crippen molar-refractivity contribution in [2.45, 2.75) is 13.2 Å². The van der Waals surface area contributed by atoms with E-state index in [2.05, 4.69) is 20.6 Å². The van der Waals surface area contributed by atoms with Crippen molar-refractivity contribution in [3.05, 3.63) is 59.7 Å². The van der Waals surface area contributed by atoms with Crippen molar-refractivity contribution in [1.29, 1.82) is 0 Å². The standard InChI is InChI=1S/C17H17F2N3O2S/c1-23-14-9-5-8-13(15(14)24-16(18)19)11-21-22-17(25)20-10-12-6-3-2-4-7-12/h2-9,11,16H,10H2,1H3,(H2,20,22,25)/b21-11-. The van der Waals surface area contributed by atoms with Crippen LogP contribution in [0.3, 0.4) is 0 Å². The Morgan fingerprint density at radius 2 is 1.96 bits per heavy atom. The van der Waals surface area contributed by atoms with E-state index in [-0.39, 0.29) is 11.5 Å². The minimum absolute atomic E-state index is 0.0892. The topological polar surface area (TPSA) is 54.9 Å². The number of hydrogen-bond acceptors (Lipinski definition) is 4. The second-order valence-corrected chi connectivity index (χ2v) is 5.20. The number of halogens is 2. The van der Waals surface area contributed by atoms with Gasteiger partial charge in [-0.05, 0) is 29.9 Å². The number of benzene rings is 2. The molecule has 2 N–H and O–H groups in total. The van der Waals surface area contributed by atoms with E-state index in [1.165, 1.54) is 19.4 Å². The number of nitrogens with one attached hydrogen (secondary N) is 2. The van der Waals surface area contributed by atoms with Gasteiger partial charge in [-0.15, -0.1) is 0 Å². The zero-order valence-corrected chi connectivity index (χ0v) is 14.2. The van der Waals surface area contributed by atoms with Gasteiger partial charge in [-0.25, -0.2) is 0 Å². The molecule has 0 radical (unpaired) electrons. The quantitative estimate of drug-likeness (QED) is 0.448. The first kappa shape index (κ1) is 18.6. The van der Waals surface area contributed by atoms with Crippen molar-refractivity contribution >= 4 is 23.5 Å². The van der Waals surface area contributed by atoms with Crippen molar-refractivity contribution in [3.63, 3.8) is 0 Å². The third-order valence-corrected chi connectivity index (χ3v) is 3.34. The summed E-state index contributed by atoms with van der Waals surface area (Å²) in [4.78, 5) is 0. The lowest BCUT2D eigenvalue weighted by atomic mass is 10.2. The van der Waals surface area contributed by atoms with Gasteiger partial charge < -0.3 is 14.8 Å². The predicted molar refractivity (Wildman–Crippen MR) is 96.2 cm³/mol. The molecule has 0 aliphatic rings. The van der Waals surface area contributed by atoms with E-state index >= 15 is 0 Å². The number of ether oxygens (including phenoxy) is 2. The van der Waals surface area contributed by atoms with Gasteiger partial charge in [0.05, 0.1) is 13.3 Å². The highest BCUT2D eigenvalue weighted by molar-refractivity contribution is 7.80. The zero-order chi connectivity index (χ0) is 18.1. The fourth-order valence-corrected chi connectivity index (χ4v) is 2.11. The second-order valence-electron chi connectivity index (χ2n) is 4.80. The first-order valence-electron chi connectivity index (χ1n) is 7.33. The maximum atomic E-state index is 12.6. The van der Waals surface area contributed by atoms with E-state index in [0.717, 1.165) is 5.56 Å². The number of thiocarbonyl (C=S) groups is 1. The Hall–Kier alpha value is -2.74. The van der Waals surface area contributed by atoms with Crippen molar-refractivity contribution in [1.82, 2.24) is 10.7 Å². The molecule has 25 heavy (non-hydrogen) atoms. The van der Waals surface area contributed by atoms with Gasteiger partial charge in [0.2, 0.25) is 0 Å². The number of para-hydroxylation sites is 1. The van der Waals surface area contributed by atoms with Gasteiger partial charge in [0.25, 0.3) is 0 Å². The Morgan fingerprint density at radius 1 is 1.20 bits per heavy atom. The van der Waals surface area contributed by atoms with Crippen molar-refractivity contribution in [2.75, 3.05) is 7.11 Å². The fourth-order valence-electron chi connectivity index (χ4n) is 1.99. The zero-order valence-electron chi connectivity index (χ0n) is 13.4. The molecule has 0 amide bonds. The number of hydrazone groups is 1. The van der Waals surface area contributed by atoms with Crippen LogP contribution in [0.25, 0.3) is 0 Å². The summed E-state index contributed by atoms with van der Waals surface area (Å²) in [6.07, 6.45) is 1.33. The summed E-state index contributed by atoms with van der Waals surface area (Å²) in [5.74, 6) is 0.0998. The molecule has 0 saturated carbocycles. The maximum absolute atomic E-state index is 12.6. The summed E-state index contributed by atoms with van der Waals surface area (Å²) >= 11 is 5.11. The van der Waals surface area contributed by atoms with E-state index in [9.17, 15) is 8.78 Å². The van der Waals surface area contributed by atoms with E-state index < -0.39 is 6.61 Å². The average molecular weight is 365 g/mol. The molecular weight excluding hydrogens is 348 g/mol. The van der Waals surface area contributed by atoms with Crippen molar-refractivity contribution in [3.8, 4) is 11.5 Å². The number of rotatable bonds is 7. The summed E-state index contributed by atoms with van der Waals surface area (Å²) in [6, 6.07) is 14.5. The van der Waals surface area contributed by atoms with Crippen LogP contribution in [0.2, 0.25) is 0 Å². The minimum atomic E-state index is -2.97. The van der Waals surface area contributed by atoms with Crippen molar-refractivity contribution in [2.24, 2.45) is 5.10 Å². The number of hydrogen-bond donors (Lipinski definition) is 2. The minimum Gasteiger partial charge on any atom is -0.493 e. The van der Waals surface area contributed by atoms with Gasteiger partial charge in [-0.3, -0.25) is 5.43 Å². The third kappa shape index (κ3) is 6.00. The van der Waals surface area contributed by atoms with Crippen LogP contribution in [0.15, 0.2) is 53.6 Å². The largest absolute Gasteiger partial charge is 0.493 e. The number of methoxy groups -OCH3 is 1. The van der Waals surface area contributed by atoms with E-state index in [0.29, 0.717) is 17.2 Å². The molecule has 0 fully saturated rings. The SMILES string of the molecule is COc1cccc(/C=N\NC(=S)NCc2ccccc2)c1OC(F)F. The van der Waals surface area contributed by atoms with Gasteiger partial charge in [0.1, 0.15) is 0 Å². The molecule has 0 aromatic heterocycles. The summed E-state index contributed by atoms with van der Waals surface area (Å²) in [5.41, 5.74) is 4.02. The highest BCUT2D eigenvalue weighted by Crippen LogP contribution is 2.31. The molecular formula is C17H17F2N3O2S. The van der Waals surface area contributed by atoms with Crippen LogP contribution in [0, 0.1) is 0 Å². The lowest BCUT2D eigenvalue weighted by Crippen LogP contribution is -2.31. The highest BCUT2D eigenvalue weighted by atomic mass is 32.1. The lowest BCUT2D eigenvalue weighted by molar-refractivity contribution is -0.0513. The summed E-state index contributed by atoms with van der Waals surface area (Å²) in [5, 5.41) is 7.23. The Balaban J connectivity index is 1.95. The molecule has 8 heteroatoms. The highest BCUT2D eigenvalue weighted by Gasteiger charge is 2.14. The molecule has 5 nitrogen and oxygen atoms in total. The van der Waals surface area contributed by atoms with E-state index in [1.54, 1.807) is 12.1 Å². The van der Waals surface area contributed by atoms with Gasteiger partial charge in [0, 0.05) is 12.1 Å². The Labute approximate surface area is 149 Å². The Kier molecular flexibility index (Phi) is 7.09. The number of alkyl halides is 2. The fraction of sp³-hybridized carbons (Fsp3) is 0.176. The third-order valence-electron chi connectivity index (χ3n) is 3.10. The smallest absolute Gasteiger partial charge is 0.387 e. The van der Waals surface area contributed by atoms with Gasteiger partial charge in [-0.2, -0.15) is 13.9 Å². The molecule has 0 unspecified atom stereocenters. The van der Waals surface area contributed by atoms with Crippen LogP contribution in [-0.4, -0.2) is 25.0 Å². The first-order chi connectivity index (χ1) is 12.1. The normalized spacial score (nSPS) is 10.7. The van der Waals surface area contributed by atoms with Crippen molar-refractivity contribution < 1.29 is 18.3 Å². The van der Waals surface area contributed by atoms with Gasteiger partial charge in [-0.1, -0.05) is 36.4 Å². The van der Waals surface area contributed by atoms with Crippen LogP contribution in [0.1, 0.15) is 11.1 Å². The van der Waals surface area contributed by atoms with Crippen LogP contribution in [0.5, 0.6) is 11.5 Å². The molecule has 2 rings (SSSR count). The van der Waals surface area contributed by atoms with E-state index in [4.69, 9.17) is 17.0 Å². The molecule has 132 valence electrons. The molecule has 0 heterocycles. The average Bonchev–Trinajstić information content (AvgIpc) is 2.61. The predicted octanol–water partition coefficient (Wildman–Crippen LogP) is 3.29. The monoisotopic (exact) mass is 365 g/mol. The van der Waals surface area contributed by atoms with Gasteiger partial charge >= 0.3 is 6.61 Å². The van der Waals surface area contributed by atoms with Crippen LogP contribution in [-0.2, 0) is 6.54 Å².